The van der Waals surface area contributed by atoms with Gasteiger partial charge in [0, 0.05) is 11.6 Å². The first-order chi connectivity index (χ1) is 10.1. The summed E-state index contributed by atoms with van der Waals surface area (Å²) >= 11 is 0. The van der Waals surface area contributed by atoms with Crippen molar-refractivity contribution >= 4 is 5.82 Å². The quantitative estimate of drug-likeness (QED) is 0.750. The minimum Gasteiger partial charge on any atom is -0.382 e. The minimum atomic E-state index is -0.660. The number of hydrogen-bond acceptors (Lipinski definition) is 2. The molecule has 0 aliphatic carbocycles. The molecule has 106 valence electrons. The second-order valence-electron chi connectivity index (χ2n) is 4.85. The van der Waals surface area contributed by atoms with Gasteiger partial charge in [-0.25, -0.2) is 8.78 Å². The number of benzene rings is 2. The molecule has 3 nitrogen and oxygen atoms in total. The van der Waals surface area contributed by atoms with Gasteiger partial charge in [-0.15, -0.1) is 0 Å². The third-order valence-corrected chi connectivity index (χ3v) is 3.30. The smallest absolute Gasteiger partial charge is 0.153 e. The third-order valence-electron chi connectivity index (χ3n) is 3.30. The number of aromatic amines is 1. The van der Waals surface area contributed by atoms with Crippen LogP contribution in [0.3, 0.4) is 0 Å². The zero-order valence-corrected chi connectivity index (χ0v) is 11.3. The van der Waals surface area contributed by atoms with Gasteiger partial charge in [-0.05, 0) is 24.6 Å². The summed E-state index contributed by atoms with van der Waals surface area (Å²) in [5.74, 6) is -1.01. The van der Waals surface area contributed by atoms with E-state index in [2.05, 4.69) is 10.2 Å². The zero-order valence-electron chi connectivity index (χ0n) is 11.3. The van der Waals surface area contributed by atoms with Gasteiger partial charge in [0.25, 0.3) is 0 Å². The van der Waals surface area contributed by atoms with Gasteiger partial charge in [-0.2, -0.15) is 5.10 Å². The molecule has 0 saturated carbocycles. The largest absolute Gasteiger partial charge is 0.382 e. The van der Waals surface area contributed by atoms with Crippen LogP contribution in [-0.2, 0) is 0 Å². The molecular formula is C16H13F2N3. The third kappa shape index (κ3) is 2.38. The Hall–Kier alpha value is -2.69. The maximum Gasteiger partial charge on any atom is 0.153 e. The van der Waals surface area contributed by atoms with Crippen LogP contribution in [0.1, 0.15) is 5.56 Å². The molecule has 3 aromatic rings. The summed E-state index contributed by atoms with van der Waals surface area (Å²) in [6, 6.07) is 11.1. The highest BCUT2D eigenvalue weighted by Crippen LogP contribution is 2.36. The first kappa shape index (κ1) is 13.3. The normalized spacial score (nSPS) is 10.8. The number of H-pyrrole nitrogens is 1. The Labute approximate surface area is 120 Å². The van der Waals surface area contributed by atoms with Crippen molar-refractivity contribution in [3.05, 3.63) is 59.7 Å². The number of nitrogens with two attached hydrogens (primary N) is 1. The average Bonchev–Trinajstić information content (AvgIpc) is 2.80. The molecule has 0 bridgehead atoms. The van der Waals surface area contributed by atoms with E-state index in [1.54, 1.807) is 0 Å². The average molecular weight is 285 g/mol. The SMILES string of the molecule is Cc1cccc(-c2c(N)n[nH]c2-c2ccc(F)cc2F)c1. The van der Waals surface area contributed by atoms with Crippen LogP contribution < -0.4 is 5.73 Å². The van der Waals surface area contributed by atoms with Crippen molar-refractivity contribution in [2.24, 2.45) is 0 Å². The van der Waals surface area contributed by atoms with Crippen molar-refractivity contribution < 1.29 is 8.78 Å². The lowest BCUT2D eigenvalue weighted by Gasteiger charge is -2.07. The molecule has 21 heavy (non-hydrogen) atoms. The van der Waals surface area contributed by atoms with Gasteiger partial charge in [0.2, 0.25) is 0 Å². The van der Waals surface area contributed by atoms with Crippen molar-refractivity contribution in [3.63, 3.8) is 0 Å². The van der Waals surface area contributed by atoms with Crippen LogP contribution in [-0.4, -0.2) is 10.2 Å². The number of halogens is 2. The predicted molar refractivity (Wildman–Crippen MR) is 78.5 cm³/mol. The van der Waals surface area contributed by atoms with Crippen LogP contribution in [0.2, 0.25) is 0 Å². The van der Waals surface area contributed by atoms with Gasteiger partial charge in [-0.3, -0.25) is 5.10 Å². The van der Waals surface area contributed by atoms with E-state index >= 15 is 0 Å². The number of rotatable bonds is 2. The van der Waals surface area contributed by atoms with E-state index in [0.29, 0.717) is 11.3 Å². The van der Waals surface area contributed by atoms with Crippen molar-refractivity contribution in [2.75, 3.05) is 5.73 Å². The molecule has 3 N–H and O–H groups in total. The second kappa shape index (κ2) is 5.01. The number of hydrogen-bond donors (Lipinski definition) is 2. The monoisotopic (exact) mass is 285 g/mol. The van der Waals surface area contributed by atoms with Crippen molar-refractivity contribution in [1.29, 1.82) is 0 Å². The standard InChI is InChI=1S/C16H13F2N3/c1-9-3-2-4-10(7-9)14-15(20-21-16(14)19)12-6-5-11(17)8-13(12)18/h2-8H,1H3,(H3,19,20,21). The maximum absolute atomic E-state index is 14.0. The minimum absolute atomic E-state index is 0.233. The fraction of sp³-hybridized carbons (Fsp3) is 0.0625. The molecule has 0 aliphatic rings. The highest BCUT2D eigenvalue weighted by atomic mass is 19.1. The molecule has 0 atom stereocenters. The molecule has 5 heteroatoms. The van der Waals surface area contributed by atoms with Crippen molar-refractivity contribution in [1.82, 2.24) is 10.2 Å². The molecule has 3 rings (SSSR count). The topological polar surface area (TPSA) is 54.7 Å². The van der Waals surface area contributed by atoms with E-state index in [9.17, 15) is 8.78 Å². The Balaban J connectivity index is 2.22. The van der Waals surface area contributed by atoms with Crippen LogP contribution >= 0.6 is 0 Å². The number of nitrogens with one attached hydrogen (secondary N) is 1. The van der Waals surface area contributed by atoms with Crippen LogP contribution in [0.25, 0.3) is 22.4 Å². The summed E-state index contributed by atoms with van der Waals surface area (Å²) in [5, 5.41) is 6.69. The molecule has 0 spiro atoms. The van der Waals surface area contributed by atoms with Gasteiger partial charge in [0.1, 0.15) is 11.6 Å². The van der Waals surface area contributed by atoms with E-state index in [1.165, 1.54) is 12.1 Å². The van der Waals surface area contributed by atoms with Gasteiger partial charge >= 0.3 is 0 Å². The molecule has 0 aliphatic heterocycles. The van der Waals surface area contributed by atoms with E-state index < -0.39 is 11.6 Å². The second-order valence-corrected chi connectivity index (χ2v) is 4.85. The maximum atomic E-state index is 14.0. The fourth-order valence-corrected chi connectivity index (χ4v) is 2.34. The van der Waals surface area contributed by atoms with Crippen LogP contribution in [0.5, 0.6) is 0 Å². The highest BCUT2D eigenvalue weighted by molar-refractivity contribution is 5.88. The Kier molecular flexibility index (Phi) is 3.17. The van der Waals surface area contributed by atoms with Crippen molar-refractivity contribution in [3.8, 4) is 22.4 Å². The van der Waals surface area contributed by atoms with Gasteiger partial charge in [0.15, 0.2) is 5.82 Å². The van der Waals surface area contributed by atoms with Crippen LogP contribution in [0.15, 0.2) is 42.5 Å². The number of aromatic nitrogens is 2. The van der Waals surface area contributed by atoms with Gasteiger partial charge in [0.05, 0.1) is 11.3 Å². The van der Waals surface area contributed by atoms with E-state index in [-0.39, 0.29) is 11.4 Å². The lowest BCUT2D eigenvalue weighted by atomic mass is 9.99. The van der Waals surface area contributed by atoms with Gasteiger partial charge < -0.3 is 5.73 Å². The summed E-state index contributed by atoms with van der Waals surface area (Å²) in [6.45, 7) is 1.96. The first-order valence-electron chi connectivity index (χ1n) is 6.42. The molecule has 0 amide bonds. The molecule has 0 unspecified atom stereocenters. The lowest BCUT2D eigenvalue weighted by molar-refractivity contribution is 0.585. The van der Waals surface area contributed by atoms with Crippen LogP contribution in [0.4, 0.5) is 14.6 Å². The number of anilines is 1. The summed E-state index contributed by atoms with van der Waals surface area (Å²) in [4.78, 5) is 0. The summed E-state index contributed by atoms with van der Waals surface area (Å²) in [7, 11) is 0. The van der Waals surface area contributed by atoms with E-state index in [4.69, 9.17) is 5.73 Å². The van der Waals surface area contributed by atoms with E-state index in [1.807, 2.05) is 31.2 Å². The number of nitrogen functional groups attached to an aromatic ring is 1. The summed E-state index contributed by atoms with van der Waals surface area (Å²) in [6.07, 6.45) is 0. The molecule has 0 radical (unpaired) electrons. The Morgan fingerprint density at radius 2 is 1.90 bits per heavy atom. The molecular weight excluding hydrogens is 272 g/mol. The van der Waals surface area contributed by atoms with E-state index in [0.717, 1.165) is 17.2 Å². The summed E-state index contributed by atoms with van der Waals surface area (Å²) < 4.78 is 27.0. The molecule has 0 saturated heterocycles. The highest BCUT2D eigenvalue weighted by Gasteiger charge is 2.17. The zero-order chi connectivity index (χ0) is 15.0. The predicted octanol–water partition coefficient (Wildman–Crippen LogP) is 3.91. The van der Waals surface area contributed by atoms with Crippen molar-refractivity contribution in [2.45, 2.75) is 6.92 Å². The Bertz CT molecular complexity index is 809. The number of aryl methyl sites for hydroxylation is 1. The molecule has 0 fully saturated rings. The Morgan fingerprint density at radius 3 is 2.62 bits per heavy atom. The van der Waals surface area contributed by atoms with Crippen LogP contribution in [0, 0.1) is 18.6 Å². The van der Waals surface area contributed by atoms with Gasteiger partial charge in [-0.1, -0.05) is 29.8 Å². The molecule has 2 aromatic carbocycles. The molecule has 1 aromatic heterocycles. The first-order valence-corrected chi connectivity index (χ1v) is 6.42. The lowest BCUT2D eigenvalue weighted by Crippen LogP contribution is -1.91. The fourth-order valence-electron chi connectivity index (χ4n) is 2.34. The Morgan fingerprint density at radius 1 is 1.10 bits per heavy atom. The number of nitrogens with zero attached hydrogens (tertiary/aromatic N) is 1. The summed E-state index contributed by atoms with van der Waals surface area (Å²) in [5.41, 5.74) is 9.08. The molecule has 1 heterocycles.